The van der Waals surface area contributed by atoms with Crippen LogP contribution in [0.3, 0.4) is 0 Å². The van der Waals surface area contributed by atoms with Crippen LogP contribution in [0.2, 0.25) is 0 Å². The summed E-state index contributed by atoms with van der Waals surface area (Å²) in [7, 11) is -3.60. The lowest BCUT2D eigenvalue weighted by atomic mass is 9.88. The van der Waals surface area contributed by atoms with Crippen molar-refractivity contribution in [3.8, 4) is 0 Å². The largest absolute Gasteiger partial charge is 0.381 e. The number of hydrogen-bond donors (Lipinski definition) is 2. The van der Waals surface area contributed by atoms with Gasteiger partial charge in [-0.2, -0.15) is 11.8 Å². The molecule has 1 aromatic carbocycles. The van der Waals surface area contributed by atoms with E-state index in [9.17, 15) is 8.42 Å². The second-order valence-corrected chi connectivity index (χ2v) is 8.39. The maximum Gasteiger partial charge on any atom is 0.238 e. The summed E-state index contributed by atoms with van der Waals surface area (Å²) in [4.78, 5) is 0.149. The second-order valence-electron chi connectivity index (χ2n) is 5.79. The first kappa shape index (κ1) is 14.7. The zero-order valence-electron chi connectivity index (χ0n) is 11.2. The molecule has 2 rings (SSSR count). The fourth-order valence-electron chi connectivity index (χ4n) is 2.33. The van der Waals surface area contributed by atoms with Crippen molar-refractivity contribution in [3.63, 3.8) is 0 Å². The average molecular weight is 300 g/mol. The van der Waals surface area contributed by atoms with Crippen molar-refractivity contribution in [2.24, 2.45) is 10.6 Å². The van der Waals surface area contributed by atoms with Crippen LogP contribution in [0.25, 0.3) is 0 Å². The van der Waals surface area contributed by atoms with E-state index in [1.54, 1.807) is 24.3 Å². The molecule has 1 aliphatic rings. The molecule has 4 nitrogen and oxygen atoms in total. The molecule has 0 aliphatic carbocycles. The molecule has 0 aromatic heterocycles. The van der Waals surface area contributed by atoms with E-state index >= 15 is 0 Å². The third kappa shape index (κ3) is 4.12. The average Bonchev–Trinajstić information content (AvgIpc) is 2.27. The number of anilines is 1. The fraction of sp³-hybridized carbons (Fsp3) is 0.538. The molecule has 1 unspecified atom stereocenters. The van der Waals surface area contributed by atoms with Gasteiger partial charge in [0.1, 0.15) is 0 Å². The van der Waals surface area contributed by atoms with Gasteiger partial charge in [0.2, 0.25) is 10.0 Å². The molecule has 0 radical (unpaired) electrons. The number of thioether (sulfide) groups is 1. The molecule has 1 aliphatic heterocycles. The molecule has 1 atom stereocenters. The molecule has 106 valence electrons. The van der Waals surface area contributed by atoms with Gasteiger partial charge < -0.3 is 5.32 Å². The third-order valence-corrected chi connectivity index (χ3v) is 5.72. The molecule has 3 N–H and O–H groups in total. The second kappa shape index (κ2) is 5.34. The molecule has 19 heavy (non-hydrogen) atoms. The van der Waals surface area contributed by atoms with Gasteiger partial charge in [-0.05, 0) is 41.9 Å². The Labute approximate surface area is 119 Å². The van der Waals surface area contributed by atoms with E-state index in [-0.39, 0.29) is 4.90 Å². The Hall–Kier alpha value is -0.720. The van der Waals surface area contributed by atoms with Crippen LogP contribution < -0.4 is 10.5 Å². The quantitative estimate of drug-likeness (QED) is 0.898. The summed E-state index contributed by atoms with van der Waals surface area (Å²) < 4.78 is 22.3. The number of nitrogens with one attached hydrogen (secondary N) is 1. The molecule has 1 heterocycles. The van der Waals surface area contributed by atoms with Crippen molar-refractivity contribution in [2.45, 2.75) is 31.2 Å². The summed E-state index contributed by atoms with van der Waals surface area (Å²) in [6.07, 6.45) is 1.12. The predicted octanol–water partition coefficient (Wildman–Crippen LogP) is 2.28. The molecule has 1 saturated heterocycles. The molecule has 0 saturated carbocycles. The van der Waals surface area contributed by atoms with Crippen molar-refractivity contribution in [2.75, 3.05) is 16.8 Å². The summed E-state index contributed by atoms with van der Waals surface area (Å²) in [5, 5.41) is 8.53. The molecule has 1 fully saturated rings. The highest BCUT2D eigenvalue weighted by atomic mass is 32.2. The van der Waals surface area contributed by atoms with Gasteiger partial charge in [0.05, 0.1) is 4.90 Å². The summed E-state index contributed by atoms with van der Waals surface area (Å²) in [5.41, 5.74) is 1.29. The molecule has 0 bridgehead atoms. The number of benzene rings is 1. The van der Waals surface area contributed by atoms with E-state index in [1.807, 2.05) is 11.8 Å². The highest BCUT2D eigenvalue weighted by Gasteiger charge is 2.28. The van der Waals surface area contributed by atoms with E-state index in [2.05, 4.69) is 19.2 Å². The Kier molecular flexibility index (Phi) is 4.13. The van der Waals surface area contributed by atoms with Crippen LogP contribution in [0.1, 0.15) is 20.3 Å². The van der Waals surface area contributed by atoms with E-state index < -0.39 is 10.0 Å². The van der Waals surface area contributed by atoms with Crippen LogP contribution >= 0.6 is 11.8 Å². The minimum absolute atomic E-state index is 0.149. The van der Waals surface area contributed by atoms with Gasteiger partial charge in [-0.1, -0.05) is 13.8 Å². The van der Waals surface area contributed by atoms with Gasteiger partial charge in [-0.3, -0.25) is 0 Å². The van der Waals surface area contributed by atoms with Crippen LogP contribution in [0.4, 0.5) is 5.69 Å². The molecule has 6 heteroatoms. The lowest BCUT2D eigenvalue weighted by Crippen LogP contribution is -2.35. The number of nitrogens with two attached hydrogens (primary N) is 1. The summed E-state index contributed by atoms with van der Waals surface area (Å²) in [5.74, 6) is 2.27. The lowest BCUT2D eigenvalue weighted by Gasteiger charge is -2.35. The van der Waals surface area contributed by atoms with Crippen molar-refractivity contribution in [1.29, 1.82) is 0 Å². The Bertz CT molecular complexity index is 538. The van der Waals surface area contributed by atoms with E-state index in [0.717, 1.165) is 17.9 Å². The molecular formula is C13H20N2O2S2. The summed E-state index contributed by atoms with van der Waals surface area (Å²) >= 11 is 1.96. The number of hydrogen-bond acceptors (Lipinski definition) is 4. The number of primary sulfonamides is 1. The Morgan fingerprint density at radius 3 is 2.47 bits per heavy atom. The Balaban J connectivity index is 2.04. The van der Waals surface area contributed by atoms with E-state index in [0.29, 0.717) is 11.5 Å². The predicted molar refractivity (Wildman–Crippen MR) is 80.9 cm³/mol. The van der Waals surface area contributed by atoms with Crippen LogP contribution in [-0.2, 0) is 10.0 Å². The SMILES string of the molecule is CC1(C)CSCC(Nc2ccc(S(N)(=O)=O)cc2)C1. The Morgan fingerprint density at radius 2 is 1.95 bits per heavy atom. The molecule has 1 aromatic rings. The van der Waals surface area contributed by atoms with Crippen molar-refractivity contribution < 1.29 is 8.42 Å². The van der Waals surface area contributed by atoms with Crippen LogP contribution in [-0.4, -0.2) is 26.0 Å². The molecular weight excluding hydrogens is 280 g/mol. The number of rotatable bonds is 3. The molecule has 0 spiro atoms. The zero-order valence-corrected chi connectivity index (χ0v) is 12.9. The van der Waals surface area contributed by atoms with E-state index in [4.69, 9.17) is 5.14 Å². The van der Waals surface area contributed by atoms with Gasteiger partial charge in [0.25, 0.3) is 0 Å². The first-order chi connectivity index (χ1) is 8.76. The highest BCUT2D eigenvalue weighted by Crippen LogP contribution is 2.34. The maximum atomic E-state index is 11.2. The summed E-state index contributed by atoms with van der Waals surface area (Å²) in [6.45, 7) is 4.55. The van der Waals surface area contributed by atoms with Gasteiger partial charge in [0.15, 0.2) is 0 Å². The van der Waals surface area contributed by atoms with Crippen molar-refractivity contribution in [3.05, 3.63) is 24.3 Å². The van der Waals surface area contributed by atoms with E-state index in [1.165, 1.54) is 5.75 Å². The smallest absolute Gasteiger partial charge is 0.238 e. The highest BCUT2D eigenvalue weighted by molar-refractivity contribution is 7.99. The first-order valence-electron chi connectivity index (χ1n) is 6.23. The topological polar surface area (TPSA) is 72.2 Å². The fourth-order valence-corrected chi connectivity index (χ4v) is 4.12. The van der Waals surface area contributed by atoms with Crippen LogP contribution in [0.15, 0.2) is 29.2 Å². The van der Waals surface area contributed by atoms with Crippen molar-refractivity contribution >= 4 is 27.5 Å². The van der Waals surface area contributed by atoms with Crippen molar-refractivity contribution in [1.82, 2.24) is 0 Å². The van der Waals surface area contributed by atoms with Gasteiger partial charge >= 0.3 is 0 Å². The number of sulfonamides is 1. The Morgan fingerprint density at radius 1 is 1.32 bits per heavy atom. The zero-order chi connectivity index (χ0) is 14.1. The standard InChI is InChI=1S/C13H20N2O2S2/c1-13(2)7-11(8-18-9-13)15-10-3-5-12(6-4-10)19(14,16)17/h3-6,11,15H,7-9H2,1-2H3,(H2,14,16,17). The normalized spacial score (nSPS) is 23.0. The minimum Gasteiger partial charge on any atom is -0.381 e. The van der Waals surface area contributed by atoms with Gasteiger partial charge in [-0.25, -0.2) is 13.6 Å². The maximum absolute atomic E-state index is 11.2. The van der Waals surface area contributed by atoms with Gasteiger partial charge in [-0.15, -0.1) is 0 Å². The first-order valence-corrected chi connectivity index (χ1v) is 8.94. The third-order valence-electron chi connectivity index (χ3n) is 3.16. The monoisotopic (exact) mass is 300 g/mol. The minimum atomic E-state index is -3.60. The van der Waals surface area contributed by atoms with Crippen LogP contribution in [0.5, 0.6) is 0 Å². The van der Waals surface area contributed by atoms with Gasteiger partial charge in [0, 0.05) is 17.5 Å². The summed E-state index contributed by atoms with van der Waals surface area (Å²) in [6, 6.07) is 7.05. The van der Waals surface area contributed by atoms with Crippen LogP contribution in [0, 0.1) is 5.41 Å². The molecule has 0 amide bonds. The lowest BCUT2D eigenvalue weighted by molar-refractivity contribution is 0.358.